The van der Waals surface area contributed by atoms with Gasteiger partial charge in [-0.05, 0) is 36.4 Å². The third-order valence-electron chi connectivity index (χ3n) is 2.42. The van der Waals surface area contributed by atoms with E-state index in [1.54, 1.807) is 42.5 Å². The number of benzene rings is 2. The number of hydrogen-bond donors (Lipinski definition) is 1. The van der Waals surface area contributed by atoms with Gasteiger partial charge in [0.2, 0.25) is 0 Å². The number of amides is 1. The SMILES string of the molecule is N#Cc1cccc(NC(=O)c2cc(Br)ccc2Cl)c1. The number of rotatable bonds is 2. The minimum atomic E-state index is -0.318. The van der Waals surface area contributed by atoms with Gasteiger partial charge in [-0.25, -0.2) is 0 Å². The summed E-state index contributed by atoms with van der Waals surface area (Å²) < 4.78 is 0.771. The van der Waals surface area contributed by atoms with Crippen LogP contribution in [-0.4, -0.2) is 5.91 Å². The van der Waals surface area contributed by atoms with E-state index in [1.165, 1.54) is 0 Å². The molecule has 0 radical (unpaired) electrons. The zero-order chi connectivity index (χ0) is 13.8. The molecule has 1 N–H and O–H groups in total. The molecule has 0 fully saturated rings. The Bertz CT molecular complexity index is 679. The molecule has 0 heterocycles. The second-order valence-electron chi connectivity index (χ2n) is 3.77. The lowest BCUT2D eigenvalue weighted by Crippen LogP contribution is -2.12. The van der Waals surface area contributed by atoms with Crippen molar-refractivity contribution in [3.8, 4) is 6.07 Å². The van der Waals surface area contributed by atoms with E-state index in [0.29, 0.717) is 21.8 Å². The summed E-state index contributed by atoms with van der Waals surface area (Å²) in [6.45, 7) is 0. The van der Waals surface area contributed by atoms with Gasteiger partial charge in [0.05, 0.1) is 22.2 Å². The monoisotopic (exact) mass is 334 g/mol. The van der Waals surface area contributed by atoms with E-state index in [-0.39, 0.29) is 5.91 Å². The fraction of sp³-hybridized carbons (Fsp3) is 0. The predicted octanol–water partition coefficient (Wildman–Crippen LogP) is 4.23. The summed E-state index contributed by atoms with van der Waals surface area (Å²) in [5.41, 5.74) is 1.41. The van der Waals surface area contributed by atoms with Gasteiger partial charge in [0.25, 0.3) is 5.91 Å². The van der Waals surface area contributed by atoms with Crippen molar-refractivity contribution in [1.82, 2.24) is 0 Å². The van der Waals surface area contributed by atoms with Crippen LogP contribution in [0.1, 0.15) is 15.9 Å². The van der Waals surface area contributed by atoms with E-state index in [0.717, 1.165) is 4.47 Å². The first-order valence-corrected chi connectivity index (χ1v) is 6.54. The average Bonchev–Trinajstić information content (AvgIpc) is 2.41. The second kappa shape index (κ2) is 5.87. The molecule has 2 rings (SSSR count). The fourth-order valence-electron chi connectivity index (χ4n) is 1.54. The van der Waals surface area contributed by atoms with Crippen molar-refractivity contribution < 1.29 is 4.79 Å². The molecule has 0 spiro atoms. The maximum atomic E-state index is 12.1. The maximum absolute atomic E-state index is 12.1. The molecule has 0 aromatic heterocycles. The fourth-order valence-corrected chi connectivity index (χ4v) is 2.10. The van der Waals surface area contributed by atoms with Crippen LogP contribution in [0.5, 0.6) is 0 Å². The summed E-state index contributed by atoms with van der Waals surface area (Å²) >= 11 is 9.27. The number of carbonyl (C=O) groups is 1. The van der Waals surface area contributed by atoms with Crippen LogP contribution in [0.3, 0.4) is 0 Å². The van der Waals surface area contributed by atoms with E-state index in [2.05, 4.69) is 21.2 Å². The molecule has 19 heavy (non-hydrogen) atoms. The zero-order valence-electron chi connectivity index (χ0n) is 9.65. The van der Waals surface area contributed by atoms with Crippen molar-refractivity contribution in [2.24, 2.45) is 0 Å². The molecular formula is C14H8BrClN2O. The van der Waals surface area contributed by atoms with Gasteiger partial charge in [-0.15, -0.1) is 0 Å². The smallest absolute Gasteiger partial charge is 0.257 e. The van der Waals surface area contributed by atoms with Gasteiger partial charge in [0.15, 0.2) is 0 Å². The maximum Gasteiger partial charge on any atom is 0.257 e. The molecule has 0 atom stereocenters. The van der Waals surface area contributed by atoms with E-state index in [1.807, 2.05) is 6.07 Å². The van der Waals surface area contributed by atoms with Crippen LogP contribution in [0.25, 0.3) is 0 Å². The van der Waals surface area contributed by atoms with Crippen LogP contribution >= 0.6 is 27.5 Å². The van der Waals surface area contributed by atoms with Gasteiger partial charge < -0.3 is 5.32 Å². The number of anilines is 1. The van der Waals surface area contributed by atoms with Crippen LogP contribution < -0.4 is 5.32 Å². The van der Waals surface area contributed by atoms with Crippen molar-refractivity contribution in [2.45, 2.75) is 0 Å². The van der Waals surface area contributed by atoms with Gasteiger partial charge in [-0.1, -0.05) is 33.6 Å². The van der Waals surface area contributed by atoms with Crippen molar-refractivity contribution in [1.29, 1.82) is 5.26 Å². The molecule has 0 saturated heterocycles. The van der Waals surface area contributed by atoms with Crippen molar-refractivity contribution in [3.05, 3.63) is 63.1 Å². The Morgan fingerprint density at radius 1 is 1.26 bits per heavy atom. The highest BCUT2D eigenvalue weighted by Crippen LogP contribution is 2.22. The number of hydrogen-bond acceptors (Lipinski definition) is 2. The molecule has 0 aliphatic carbocycles. The van der Waals surface area contributed by atoms with Gasteiger partial charge in [0.1, 0.15) is 0 Å². The Morgan fingerprint density at radius 3 is 2.79 bits per heavy atom. The first kappa shape index (κ1) is 13.6. The van der Waals surface area contributed by atoms with Crippen LogP contribution in [-0.2, 0) is 0 Å². The predicted molar refractivity (Wildman–Crippen MR) is 78.3 cm³/mol. The Hall–Kier alpha value is -1.83. The van der Waals surface area contributed by atoms with Gasteiger partial charge in [-0.2, -0.15) is 5.26 Å². The summed E-state index contributed by atoms with van der Waals surface area (Å²) in [5, 5.41) is 11.9. The lowest BCUT2D eigenvalue weighted by atomic mass is 10.2. The first-order valence-electron chi connectivity index (χ1n) is 5.37. The Balaban J connectivity index is 2.26. The topological polar surface area (TPSA) is 52.9 Å². The second-order valence-corrected chi connectivity index (χ2v) is 5.09. The van der Waals surface area contributed by atoms with Crippen molar-refractivity contribution in [3.63, 3.8) is 0 Å². The Labute approximate surface area is 123 Å². The summed E-state index contributed by atoms with van der Waals surface area (Å²) in [6.07, 6.45) is 0. The normalized spacial score (nSPS) is 9.74. The molecular weight excluding hydrogens is 328 g/mol. The van der Waals surface area contributed by atoms with E-state index in [9.17, 15) is 4.79 Å². The highest BCUT2D eigenvalue weighted by atomic mass is 79.9. The van der Waals surface area contributed by atoms with Crippen molar-refractivity contribution >= 4 is 39.1 Å². The van der Waals surface area contributed by atoms with Crippen LogP contribution in [0, 0.1) is 11.3 Å². The van der Waals surface area contributed by atoms with Crippen LogP contribution in [0.15, 0.2) is 46.9 Å². The molecule has 94 valence electrons. The molecule has 1 amide bonds. The molecule has 0 unspecified atom stereocenters. The Kier molecular flexibility index (Phi) is 4.20. The quantitative estimate of drug-likeness (QED) is 0.893. The molecule has 0 bridgehead atoms. The summed E-state index contributed by atoms with van der Waals surface area (Å²) in [7, 11) is 0. The van der Waals surface area contributed by atoms with E-state index < -0.39 is 0 Å². The molecule has 3 nitrogen and oxygen atoms in total. The summed E-state index contributed by atoms with van der Waals surface area (Å²) in [4.78, 5) is 12.1. The van der Waals surface area contributed by atoms with Crippen molar-refractivity contribution in [2.75, 3.05) is 5.32 Å². The highest BCUT2D eigenvalue weighted by Gasteiger charge is 2.11. The third kappa shape index (κ3) is 3.34. The lowest BCUT2D eigenvalue weighted by Gasteiger charge is -2.07. The molecule has 2 aromatic rings. The standard InChI is InChI=1S/C14H8BrClN2O/c15-10-4-5-13(16)12(7-10)14(19)18-11-3-1-2-9(6-11)8-17/h1-7H,(H,18,19). The molecule has 2 aromatic carbocycles. The van der Waals surface area contributed by atoms with Gasteiger partial charge >= 0.3 is 0 Å². The van der Waals surface area contributed by atoms with Crippen LogP contribution in [0.4, 0.5) is 5.69 Å². The minimum absolute atomic E-state index is 0.318. The van der Waals surface area contributed by atoms with Gasteiger partial charge in [-0.3, -0.25) is 4.79 Å². The van der Waals surface area contributed by atoms with Gasteiger partial charge in [0, 0.05) is 10.2 Å². The van der Waals surface area contributed by atoms with E-state index in [4.69, 9.17) is 16.9 Å². The Morgan fingerprint density at radius 2 is 2.05 bits per heavy atom. The molecule has 5 heteroatoms. The largest absolute Gasteiger partial charge is 0.322 e. The zero-order valence-corrected chi connectivity index (χ0v) is 12.0. The molecule has 0 saturated carbocycles. The number of halogens is 2. The summed E-state index contributed by atoms with van der Waals surface area (Å²) in [6, 6.07) is 13.8. The van der Waals surface area contributed by atoms with Crippen LogP contribution in [0.2, 0.25) is 5.02 Å². The molecule has 0 aliphatic heterocycles. The number of carbonyl (C=O) groups excluding carboxylic acids is 1. The first-order chi connectivity index (χ1) is 9.10. The highest BCUT2D eigenvalue weighted by molar-refractivity contribution is 9.10. The molecule has 0 aliphatic rings. The average molecular weight is 336 g/mol. The lowest BCUT2D eigenvalue weighted by molar-refractivity contribution is 0.102. The number of nitriles is 1. The van der Waals surface area contributed by atoms with E-state index >= 15 is 0 Å². The minimum Gasteiger partial charge on any atom is -0.322 e. The summed E-state index contributed by atoms with van der Waals surface area (Å²) in [5.74, 6) is -0.318. The number of nitrogens with one attached hydrogen (secondary N) is 1. The number of nitrogens with zero attached hydrogens (tertiary/aromatic N) is 1. The third-order valence-corrected chi connectivity index (χ3v) is 3.25.